The lowest BCUT2D eigenvalue weighted by Gasteiger charge is -2.02. The Labute approximate surface area is 98.5 Å². The van der Waals surface area contributed by atoms with Gasteiger partial charge in [-0.25, -0.2) is 0 Å². The molecule has 0 amide bonds. The van der Waals surface area contributed by atoms with Crippen LogP contribution in [0.2, 0.25) is 0 Å². The minimum absolute atomic E-state index is 0.00406. The lowest BCUT2D eigenvalue weighted by atomic mass is 10.2. The highest BCUT2D eigenvalue weighted by Gasteiger charge is 2.11. The van der Waals surface area contributed by atoms with Crippen LogP contribution in [0.25, 0.3) is 0 Å². The maximum Gasteiger partial charge on any atom is 0.294 e. The summed E-state index contributed by atoms with van der Waals surface area (Å²) >= 11 is 0. The minimum Gasteiger partial charge on any atom is -0.300 e. The molecule has 0 unspecified atom stereocenters. The van der Waals surface area contributed by atoms with Crippen LogP contribution in [0.5, 0.6) is 0 Å². The van der Waals surface area contributed by atoms with Crippen LogP contribution in [0, 0.1) is 10.1 Å². The molecule has 0 spiro atoms. The van der Waals surface area contributed by atoms with Crippen molar-refractivity contribution in [3.8, 4) is 0 Å². The number of ketones is 1. The normalized spacial score (nSPS) is 11.1. The fraction of sp³-hybridized carbons (Fsp3) is 0.273. The van der Waals surface area contributed by atoms with Gasteiger partial charge in [0, 0.05) is 18.2 Å². The highest BCUT2D eigenvalue weighted by atomic mass is 16.6. The number of hydrogen-bond donors (Lipinski definition) is 1. The number of carbonyl (C=O) groups excluding carboxylic acids is 1. The topological polar surface area (TPSA) is 84.6 Å². The zero-order valence-corrected chi connectivity index (χ0v) is 9.64. The van der Waals surface area contributed by atoms with E-state index in [0.717, 1.165) is 0 Å². The van der Waals surface area contributed by atoms with Gasteiger partial charge in [0.1, 0.15) is 11.5 Å². The van der Waals surface area contributed by atoms with Crippen molar-refractivity contribution in [3.63, 3.8) is 0 Å². The van der Waals surface area contributed by atoms with Crippen molar-refractivity contribution in [2.45, 2.75) is 20.3 Å². The SMILES string of the molecule is CC(=O)C/C(C)=N/Nc1ccccc1[N+](=O)[O-]. The zero-order chi connectivity index (χ0) is 12.8. The average Bonchev–Trinajstić information content (AvgIpc) is 2.25. The van der Waals surface area contributed by atoms with Crippen molar-refractivity contribution in [1.29, 1.82) is 0 Å². The largest absolute Gasteiger partial charge is 0.300 e. The summed E-state index contributed by atoms with van der Waals surface area (Å²) in [5.74, 6) is -0.00406. The molecule has 0 bridgehead atoms. The molecule has 1 N–H and O–H groups in total. The van der Waals surface area contributed by atoms with Crippen LogP contribution >= 0.6 is 0 Å². The Kier molecular flexibility index (Phi) is 4.33. The highest BCUT2D eigenvalue weighted by Crippen LogP contribution is 2.22. The first kappa shape index (κ1) is 12.8. The summed E-state index contributed by atoms with van der Waals surface area (Å²) in [4.78, 5) is 21.0. The maximum atomic E-state index is 10.8. The van der Waals surface area contributed by atoms with Crippen LogP contribution in [0.1, 0.15) is 20.3 Å². The van der Waals surface area contributed by atoms with Gasteiger partial charge in [-0.05, 0) is 19.9 Å². The fourth-order valence-electron chi connectivity index (χ4n) is 1.28. The number of carbonyl (C=O) groups is 1. The second-order valence-electron chi connectivity index (χ2n) is 3.61. The molecule has 0 fully saturated rings. The number of rotatable bonds is 5. The van der Waals surface area contributed by atoms with E-state index in [2.05, 4.69) is 10.5 Å². The van der Waals surface area contributed by atoms with Gasteiger partial charge < -0.3 is 0 Å². The van der Waals surface area contributed by atoms with E-state index in [1.165, 1.54) is 13.0 Å². The van der Waals surface area contributed by atoms with Crippen molar-refractivity contribution >= 4 is 22.9 Å². The lowest BCUT2D eigenvalue weighted by molar-refractivity contribution is -0.384. The summed E-state index contributed by atoms with van der Waals surface area (Å²) < 4.78 is 0. The van der Waals surface area contributed by atoms with E-state index in [4.69, 9.17) is 0 Å². The van der Waals surface area contributed by atoms with E-state index >= 15 is 0 Å². The third-order valence-electron chi connectivity index (χ3n) is 1.97. The number of nitrogens with zero attached hydrogens (tertiary/aromatic N) is 2. The predicted molar refractivity (Wildman–Crippen MR) is 65.1 cm³/mol. The number of nitrogens with one attached hydrogen (secondary N) is 1. The second-order valence-corrected chi connectivity index (χ2v) is 3.61. The molecule has 1 aromatic carbocycles. The maximum absolute atomic E-state index is 10.8. The van der Waals surface area contributed by atoms with E-state index in [9.17, 15) is 14.9 Å². The number of Topliss-reactive ketones (excluding diaryl/α,β-unsaturated/α-hetero) is 1. The van der Waals surface area contributed by atoms with E-state index in [-0.39, 0.29) is 17.9 Å². The molecule has 0 aromatic heterocycles. The van der Waals surface area contributed by atoms with Crippen LogP contribution in [-0.4, -0.2) is 16.4 Å². The number of anilines is 1. The summed E-state index contributed by atoms with van der Waals surface area (Å²) in [5.41, 5.74) is 3.43. The Morgan fingerprint density at radius 1 is 1.41 bits per heavy atom. The first-order valence-corrected chi connectivity index (χ1v) is 5.02. The highest BCUT2D eigenvalue weighted by molar-refractivity contribution is 6.00. The standard InChI is InChI=1S/C11H13N3O3/c1-8(7-9(2)15)12-13-10-5-3-4-6-11(10)14(16)17/h3-6,13H,7H2,1-2H3/b12-8+. The number of nitro groups is 1. The quantitative estimate of drug-likeness (QED) is 0.482. The van der Waals surface area contributed by atoms with Crippen molar-refractivity contribution < 1.29 is 9.72 Å². The predicted octanol–water partition coefficient (Wildman–Crippen LogP) is 2.36. The van der Waals surface area contributed by atoms with Crippen molar-refractivity contribution in [2.75, 3.05) is 5.43 Å². The molecule has 6 heteroatoms. The van der Waals surface area contributed by atoms with Crippen LogP contribution < -0.4 is 5.43 Å². The van der Waals surface area contributed by atoms with Crippen LogP contribution in [0.3, 0.4) is 0 Å². The average molecular weight is 235 g/mol. The van der Waals surface area contributed by atoms with Gasteiger partial charge in [-0.2, -0.15) is 5.10 Å². The van der Waals surface area contributed by atoms with Gasteiger partial charge >= 0.3 is 0 Å². The van der Waals surface area contributed by atoms with E-state index < -0.39 is 4.92 Å². The molecule has 0 radical (unpaired) electrons. The van der Waals surface area contributed by atoms with Crippen LogP contribution in [0.15, 0.2) is 29.4 Å². The molecule has 1 aromatic rings. The Balaban J connectivity index is 2.82. The monoisotopic (exact) mass is 235 g/mol. The number of para-hydroxylation sites is 2. The number of hydrogen-bond acceptors (Lipinski definition) is 5. The second kappa shape index (κ2) is 5.74. The van der Waals surface area contributed by atoms with Crippen molar-refractivity contribution in [2.24, 2.45) is 5.10 Å². The third kappa shape index (κ3) is 4.02. The molecule has 0 aliphatic rings. The first-order chi connectivity index (χ1) is 8.00. The van der Waals surface area contributed by atoms with Crippen molar-refractivity contribution in [3.05, 3.63) is 34.4 Å². The Bertz CT molecular complexity index is 469. The summed E-state index contributed by atoms with van der Waals surface area (Å²) in [7, 11) is 0. The van der Waals surface area contributed by atoms with E-state index in [1.807, 2.05) is 0 Å². The third-order valence-corrected chi connectivity index (χ3v) is 1.97. The molecule has 17 heavy (non-hydrogen) atoms. The Morgan fingerprint density at radius 2 is 2.06 bits per heavy atom. The molecule has 6 nitrogen and oxygen atoms in total. The van der Waals surface area contributed by atoms with E-state index in [1.54, 1.807) is 25.1 Å². The van der Waals surface area contributed by atoms with E-state index in [0.29, 0.717) is 11.4 Å². The number of hydrazone groups is 1. The van der Waals surface area contributed by atoms with Gasteiger partial charge in [0.25, 0.3) is 5.69 Å². The first-order valence-electron chi connectivity index (χ1n) is 5.02. The molecule has 1 rings (SSSR count). The molecule has 0 atom stereocenters. The Morgan fingerprint density at radius 3 is 2.65 bits per heavy atom. The van der Waals surface area contributed by atoms with Gasteiger partial charge in [0.2, 0.25) is 0 Å². The minimum atomic E-state index is -0.488. The zero-order valence-electron chi connectivity index (χ0n) is 9.64. The van der Waals surface area contributed by atoms with Crippen molar-refractivity contribution in [1.82, 2.24) is 0 Å². The molecule has 0 saturated carbocycles. The molecule has 90 valence electrons. The van der Waals surface area contributed by atoms with Gasteiger partial charge in [-0.1, -0.05) is 12.1 Å². The summed E-state index contributed by atoms with van der Waals surface area (Å²) in [6.45, 7) is 3.15. The fourth-order valence-corrected chi connectivity index (χ4v) is 1.28. The van der Waals surface area contributed by atoms with Gasteiger partial charge in [-0.15, -0.1) is 0 Å². The summed E-state index contributed by atoms with van der Waals surface area (Å²) in [6, 6.07) is 6.20. The number of nitro benzene ring substituents is 1. The smallest absolute Gasteiger partial charge is 0.294 e. The molecule has 0 saturated heterocycles. The molecule has 0 aliphatic carbocycles. The van der Waals surface area contributed by atoms with Gasteiger partial charge in [0.15, 0.2) is 0 Å². The summed E-state index contributed by atoms with van der Waals surface area (Å²) in [5, 5.41) is 14.6. The molecular formula is C11H13N3O3. The number of benzene rings is 1. The molecular weight excluding hydrogens is 222 g/mol. The van der Waals surface area contributed by atoms with Crippen LogP contribution in [-0.2, 0) is 4.79 Å². The summed E-state index contributed by atoms with van der Waals surface area (Å²) in [6.07, 6.45) is 0.230. The van der Waals surface area contributed by atoms with Crippen LogP contribution in [0.4, 0.5) is 11.4 Å². The molecule has 0 aliphatic heterocycles. The van der Waals surface area contributed by atoms with Gasteiger partial charge in [-0.3, -0.25) is 20.3 Å². The Hall–Kier alpha value is -2.24. The molecule has 0 heterocycles. The lowest BCUT2D eigenvalue weighted by Crippen LogP contribution is -2.04. The van der Waals surface area contributed by atoms with Gasteiger partial charge in [0.05, 0.1) is 4.92 Å².